The zero-order valence-electron chi connectivity index (χ0n) is 21.1. The van der Waals surface area contributed by atoms with Crippen LogP contribution in [-0.4, -0.2) is 47.1 Å². The molecule has 0 spiro atoms. The first-order chi connectivity index (χ1) is 19.0. The smallest absolute Gasteiger partial charge is 0.262 e. The predicted molar refractivity (Wildman–Crippen MR) is 148 cm³/mol. The Balaban J connectivity index is 1.45. The molecule has 0 bridgehead atoms. The van der Waals surface area contributed by atoms with Crippen molar-refractivity contribution < 1.29 is 24.2 Å². The van der Waals surface area contributed by atoms with Crippen molar-refractivity contribution in [3.05, 3.63) is 119 Å². The zero-order chi connectivity index (χ0) is 27.4. The van der Waals surface area contributed by atoms with Gasteiger partial charge in [-0.25, -0.2) is 0 Å². The van der Waals surface area contributed by atoms with E-state index in [1.54, 1.807) is 66.7 Å². The van der Waals surface area contributed by atoms with E-state index in [1.807, 2.05) is 30.3 Å². The fraction of sp³-hybridized carbons (Fsp3) is 0.0968. The van der Waals surface area contributed by atoms with E-state index in [2.05, 4.69) is 10.3 Å². The standard InChI is InChI=1S/C31H25N3O5/c1-39-27-17-9-12-21(28(27)35)19-32-24-15-7-8-16-25(24)33-29(36)26(18-20-10-3-2-4-11-20)34-30(37)22-13-5-6-14-23(22)31(34)38/h2-17,19,26,35H,18H2,1H3,(H,33,36)/t26-/m1/s1. The average molecular weight is 520 g/mol. The van der Waals surface area contributed by atoms with Gasteiger partial charge in [0, 0.05) is 18.2 Å². The molecule has 0 aromatic heterocycles. The minimum Gasteiger partial charge on any atom is -0.504 e. The monoisotopic (exact) mass is 519 g/mol. The first-order valence-corrected chi connectivity index (χ1v) is 12.3. The maximum atomic E-state index is 13.7. The Labute approximate surface area is 225 Å². The number of rotatable bonds is 8. The first kappa shape index (κ1) is 25.4. The minimum absolute atomic E-state index is 0.0567. The van der Waals surface area contributed by atoms with Crippen molar-refractivity contribution in [1.29, 1.82) is 0 Å². The number of methoxy groups -OCH3 is 1. The highest BCUT2D eigenvalue weighted by molar-refractivity contribution is 6.23. The van der Waals surface area contributed by atoms with E-state index < -0.39 is 23.8 Å². The summed E-state index contributed by atoms with van der Waals surface area (Å²) in [5.74, 6) is -1.29. The molecule has 5 rings (SSSR count). The lowest BCUT2D eigenvalue weighted by Crippen LogP contribution is -2.48. The summed E-state index contributed by atoms with van der Waals surface area (Å²) >= 11 is 0. The molecule has 3 amide bonds. The normalized spacial score (nSPS) is 13.4. The number of ether oxygens (including phenoxy) is 1. The Morgan fingerprint density at radius 1 is 0.897 bits per heavy atom. The SMILES string of the molecule is COc1cccc(C=Nc2ccccc2NC(=O)[C@@H](Cc2ccccc2)N2C(=O)c3ccccc3C2=O)c1O. The highest BCUT2D eigenvalue weighted by Gasteiger charge is 2.42. The first-order valence-electron chi connectivity index (χ1n) is 12.3. The second kappa shape index (κ2) is 11.0. The zero-order valence-corrected chi connectivity index (χ0v) is 21.1. The van der Waals surface area contributed by atoms with Crippen molar-refractivity contribution in [3.8, 4) is 11.5 Å². The molecular weight excluding hydrogens is 494 g/mol. The number of anilines is 1. The van der Waals surface area contributed by atoms with Gasteiger partial charge in [-0.3, -0.25) is 24.3 Å². The van der Waals surface area contributed by atoms with Crippen LogP contribution in [0.15, 0.2) is 102 Å². The molecule has 39 heavy (non-hydrogen) atoms. The van der Waals surface area contributed by atoms with E-state index in [-0.39, 0.29) is 23.3 Å². The van der Waals surface area contributed by atoms with Gasteiger partial charge in [0.2, 0.25) is 5.91 Å². The van der Waals surface area contributed by atoms with E-state index in [1.165, 1.54) is 13.3 Å². The minimum atomic E-state index is -1.10. The Morgan fingerprint density at radius 2 is 1.54 bits per heavy atom. The summed E-state index contributed by atoms with van der Waals surface area (Å²) in [6, 6.07) is 26.6. The number of fused-ring (bicyclic) bond motifs is 1. The topological polar surface area (TPSA) is 108 Å². The van der Waals surface area contributed by atoms with Crippen LogP contribution in [0.3, 0.4) is 0 Å². The number of phenols is 1. The highest BCUT2D eigenvalue weighted by atomic mass is 16.5. The van der Waals surface area contributed by atoms with Gasteiger partial charge in [-0.2, -0.15) is 0 Å². The van der Waals surface area contributed by atoms with Crippen molar-refractivity contribution in [3.63, 3.8) is 0 Å². The molecule has 0 saturated heterocycles. The molecule has 8 heteroatoms. The number of aromatic hydroxyl groups is 1. The van der Waals surface area contributed by atoms with E-state index in [0.29, 0.717) is 22.7 Å². The number of carbonyl (C=O) groups is 3. The molecule has 0 saturated carbocycles. The summed E-state index contributed by atoms with van der Waals surface area (Å²) in [5.41, 5.74) is 2.59. The number of benzene rings is 4. The molecule has 194 valence electrons. The molecule has 0 fully saturated rings. The molecule has 8 nitrogen and oxygen atoms in total. The van der Waals surface area contributed by atoms with Crippen LogP contribution >= 0.6 is 0 Å². The van der Waals surface area contributed by atoms with Crippen LogP contribution in [0.1, 0.15) is 31.8 Å². The molecule has 1 aliphatic rings. The second-order valence-corrected chi connectivity index (χ2v) is 8.89. The molecule has 0 aliphatic carbocycles. The number of carbonyl (C=O) groups excluding carboxylic acids is 3. The number of nitrogens with zero attached hydrogens (tertiary/aromatic N) is 2. The number of amides is 3. The van der Waals surface area contributed by atoms with Crippen LogP contribution in [-0.2, 0) is 11.2 Å². The van der Waals surface area contributed by atoms with Gasteiger partial charge < -0.3 is 15.2 Å². The Bertz CT molecular complexity index is 1550. The summed E-state index contributed by atoms with van der Waals surface area (Å²) in [4.78, 5) is 45.8. The van der Waals surface area contributed by atoms with Crippen molar-refractivity contribution >= 4 is 35.3 Å². The van der Waals surface area contributed by atoms with Crippen molar-refractivity contribution in [2.45, 2.75) is 12.5 Å². The molecule has 0 radical (unpaired) electrons. The molecule has 4 aromatic rings. The fourth-order valence-corrected chi connectivity index (χ4v) is 4.48. The van der Waals surface area contributed by atoms with Crippen molar-refractivity contribution in [1.82, 2.24) is 4.90 Å². The van der Waals surface area contributed by atoms with Crippen LogP contribution in [0.4, 0.5) is 11.4 Å². The van der Waals surface area contributed by atoms with Gasteiger partial charge in [-0.15, -0.1) is 0 Å². The van der Waals surface area contributed by atoms with E-state index in [9.17, 15) is 19.5 Å². The summed E-state index contributed by atoms with van der Waals surface area (Å²) in [6.45, 7) is 0. The number of para-hydroxylation sites is 3. The number of hydrogen-bond acceptors (Lipinski definition) is 6. The predicted octanol–water partition coefficient (Wildman–Crippen LogP) is 5.00. The van der Waals surface area contributed by atoms with Crippen LogP contribution < -0.4 is 10.1 Å². The van der Waals surface area contributed by atoms with E-state index in [0.717, 1.165) is 10.5 Å². The molecule has 1 aliphatic heterocycles. The van der Waals surface area contributed by atoms with Gasteiger partial charge in [-0.05, 0) is 42.0 Å². The third-order valence-corrected chi connectivity index (χ3v) is 6.47. The number of nitrogens with one attached hydrogen (secondary N) is 1. The molecule has 1 atom stereocenters. The van der Waals surface area contributed by atoms with Crippen molar-refractivity contribution in [2.75, 3.05) is 12.4 Å². The lowest BCUT2D eigenvalue weighted by molar-refractivity contribution is -0.119. The number of phenolic OH excluding ortho intramolecular Hbond substituents is 1. The van der Waals surface area contributed by atoms with Gasteiger partial charge in [0.25, 0.3) is 11.8 Å². The third kappa shape index (κ3) is 5.13. The number of aliphatic imine (C=N–C) groups is 1. The van der Waals surface area contributed by atoms with E-state index in [4.69, 9.17) is 4.74 Å². The van der Waals surface area contributed by atoms with Crippen molar-refractivity contribution in [2.24, 2.45) is 4.99 Å². The second-order valence-electron chi connectivity index (χ2n) is 8.89. The molecule has 4 aromatic carbocycles. The van der Waals surface area contributed by atoms with Crippen LogP contribution in [0.25, 0.3) is 0 Å². The van der Waals surface area contributed by atoms with Gasteiger partial charge in [0.15, 0.2) is 11.5 Å². The maximum absolute atomic E-state index is 13.7. The third-order valence-electron chi connectivity index (χ3n) is 6.47. The van der Waals surface area contributed by atoms with Crippen LogP contribution in [0, 0.1) is 0 Å². The summed E-state index contributed by atoms with van der Waals surface area (Å²) in [6.07, 6.45) is 1.61. The number of hydrogen-bond donors (Lipinski definition) is 2. The van der Waals surface area contributed by atoms with E-state index >= 15 is 0 Å². The van der Waals surface area contributed by atoms with Gasteiger partial charge in [0.1, 0.15) is 6.04 Å². The maximum Gasteiger partial charge on any atom is 0.262 e. The molecular formula is C31H25N3O5. The number of imide groups is 1. The highest BCUT2D eigenvalue weighted by Crippen LogP contribution is 2.31. The summed E-state index contributed by atoms with van der Waals surface area (Å²) in [5, 5.41) is 13.2. The van der Waals surface area contributed by atoms with Crippen LogP contribution in [0.2, 0.25) is 0 Å². The molecule has 2 N–H and O–H groups in total. The lowest BCUT2D eigenvalue weighted by atomic mass is 10.0. The largest absolute Gasteiger partial charge is 0.504 e. The Morgan fingerprint density at radius 3 is 2.23 bits per heavy atom. The average Bonchev–Trinajstić information content (AvgIpc) is 3.21. The summed E-state index contributed by atoms with van der Waals surface area (Å²) in [7, 11) is 1.46. The molecule has 0 unspecified atom stereocenters. The Hall–Kier alpha value is -5.24. The summed E-state index contributed by atoms with van der Waals surface area (Å²) < 4.78 is 5.15. The van der Waals surface area contributed by atoms with Gasteiger partial charge in [-0.1, -0.05) is 60.7 Å². The Kier molecular flexibility index (Phi) is 7.18. The van der Waals surface area contributed by atoms with Crippen LogP contribution in [0.5, 0.6) is 11.5 Å². The lowest BCUT2D eigenvalue weighted by Gasteiger charge is -2.26. The fourth-order valence-electron chi connectivity index (χ4n) is 4.48. The quantitative estimate of drug-likeness (QED) is 0.252. The van der Waals surface area contributed by atoms with Gasteiger partial charge in [0.05, 0.1) is 29.6 Å². The van der Waals surface area contributed by atoms with Gasteiger partial charge >= 0.3 is 0 Å². The molecule has 1 heterocycles.